The minimum Gasteiger partial charge on any atom is -0.454 e. The summed E-state index contributed by atoms with van der Waals surface area (Å²) in [6.45, 7) is 1.44. The van der Waals surface area contributed by atoms with Crippen LogP contribution in [0.4, 0.5) is 18.9 Å². The molecule has 30 heavy (non-hydrogen) atoms. The minimum absolute atomic E-state index is 0.0527. The van der Waals surface area contributed by atoms with Crippen LogP contribution in [0.2, 0.25) is 0 Å². The van der Waals surface area contributed by atoms with Gasteiger partial charge < -0.3 is 4.74 Å². The fourth-order valence-electron chi connectivity index (χ4n) is 2.50. The van der Waals surface area contributed by atoms with Gasteiger partial charge in [-0.25, -0.2) is 26.3 Å². The maximum absolute atomic E-state index is 14.5. The van der Waals surface area contributed by atoms with Crippen molar-refractivity contribution in [3.05, 3.63) is 70.3 Å². The van der Waals surface area contributed by atoms with Crippen molar-refractivity contribution in [2.45, 2.75) is 6.92 Å². The zero-order chi connectivity index (χ0) is 22.1. The maximum atomic E-state index is 14.5. The van der Waals surface area contributed by atoms with Gasteiger partial charge in [0.1, 0.15) is 17.3 Å². The van der Waals surface area contributed by atoms with Gasteiger partial charge in [0, 0.05) is 30.4 Å². The monoisotopic (exact) mass is 439 g/mol. The van der Waals surface area contributed by atoms with Crippen LogP contribution in [0.3, 0.4) is 0 Å². The lowest BCUT2D eigenvalue weighted by atomic mass is 10.1. The van der Waals surface area contributed by atoms with E-state index in [1.54, 1.807) is 0 Å². The lowest BCUT2D eigenvalue weighted by Crippen LogP contribution is -2.20. The molecule has 0 unspecified atom stereocenters. The number of sulfonamides is 1. The predicted octanol–water partition coefficient (Wildman–Crippen LogP) is 3.42. The van der Waals surface area contributed by atoms with Crippen LogP contribution < -0.4 is 15.0 Å². The lowest BCUT2D eigenvalue weighted by Gasteiger charge is -2.15. The Morgan fingerprint density at radius 3 is 2.40 bits per heavy atom. The summed E-state index contributed by atoms with van der Waals surface area (Å²) in [4.78, 5) is 11.6. The second-order valence-electron chi connectivity index (χ2n) is 6.20. The zero-order valence-corrected chi connectivity index (χ0v) is 16.6. The molecule has 0 fully saturated rings. The average molecular weight is 439 g/mol. The van der Waals surface area contributed by atoms with Gasteiger partial charge in [-0.3, -0.25) is 9.52 Å². The van der Waals surface area contributed by atoms with Crippen molar-refractivity contribution in [2.24, 2.45) is 7.05 Å². The highest BCUT2D eigenvalue weighted by molar-refractivity contribution is 7.92. The summed E-state index contributed by atoms with van der Waals surface area (Å²) in [5, 5.41) is 3.86. The van der Waals surface area contributed by atoms with Gasteiger partial charge in [-0.05, 0) is 37.3 Å². The quantitative estimate of drug-likeness (QED) is 0.636. The number of ether oxygens (including phenoxy) is 1. The van der Waals surface area contributed by atoms with Crippen LogP contribution in [0, 0.1) is 17.5 Å². The molecule has 0 radical (unpaired) electrons. The summed E-state index contributed by atoms with van der Waals surface area (Å²) in [5.74, 6) is -3.43. The number of halogens is 3. The van der Waals surface area contributed by atoms with Crippen molar-refractivity contribution >= 4 is 15.7 Å². The van der Waals surface area contributed by atoms with E-state index in [0.29, 0.717) is 12.1 Å². The highest BCUT2D eigenvalue weighted by atomic mass is 32.2. The number of anilines is 1. The molecule has 0 aliphatic heterocycles. The number of aromatic nitrogens is 2. The third-order valence-corrected chi connectivity index (χ3v) is 5.35. The van der Waals surface area contributed by atoms with Gasteiger partial charge in [0.25, 0.3) is 5.56 Å². The molecule has 0 spiro atoms. The molecule has 3 aromatic rings. The molecule has 0 saturated carbocycles. The molecule has 1 aromatic heterocycles. The van der Waals surface area contributed by atoms with Gasteiger partial charge in [0.15, 0.2) is 17.4 Å². The predicted molar refractivity (Wildman–Crippen MR) is 104 cm³/mol. The number of rotatable bonds is 6. The fraction of sp³-hybridized carbons (Fsp3) is 0.158. The van der Waals surface area contributed by atoms with Crippen molar-refractivity contribution in [1.29, 1.82) is 0 Å². The van der Waals surface area contributed by atoms with Crippen LogP contribution >= 0.6 is 0 Å². The molecule has 1 N–H and O–H groups in total. The third kappa shape index (κ3) is 4.62. The molecule has 0 bridgehead atoms. The Morgan fingerprint density at radius 2 is 1.73 bits per heavy atom. The third-order valence-electron chi connectivity index (χ3n) is 4.05. The van der Waals surface area contributed by atoms with Gasteiger partial charge >= 0.3 is 0 Å². The molecule has 11 heteroatoms. The molecular weight excluding hydrogens is 423 g/mol. The first-order valence-electron chi connectivity index (χ1n) is 8.61. The van der Waals surface area contributed by atoms with E-state index in [1.807, 2.05) is 0 Å². The van der Waals surface area contributed by atoms with E-state index in [0.717, 1.165) is 16.8 Å². The summed E-state index contributed by atoms with van der Waals surface area (Å²) < 4.78 is 74.1. The van der Waals surface area contributed by atoms with Crippen molar-refractivity contribution in [1.82, 2.24) is 9.78 Å². The van der Waals surface area contributed by atoms with Crippen molar-refractivity contribution < 1.29 is 26.3 Å². The first kappa shape index (κ1) is 21.4. The number of nitrogens with one attached hydrogen (secondary N) is 1. The van der Waals surface area contributed by atoms with Crippen molar-refractivity contribution in [3.8, 4) is 22.8 Å². The Balaban J connectivity index is 2.16. The smallest absolute Gasteiger partial charge is 0.269 e. The van der Waals surface area contributed by atoms with E-state index >= 15 is 0 Å². The Morgan fingerprint density at radius 1 is 1.03 bits per heavy atom. The SMILES string of the molecule is CCS(=O)(=O)Nc1ccc(Oc2ccc(F)cc2F)c(-c2nn(C)c(=O)cc2F)c1. The highest BCUT2D eigenvalue weighted by Gasteiger charge is 2.19. The largest absolute Gasteiger partial charge is 0.454 e. The Labute approximate surface area is 169 Å². The van der Waals surface area contributed by atoms with E-state index in [-0.39, 0.29) is 34.2 Å². The highest BCUT2D eigenvalue weighted by Crippen LogP contribution is 2.36. The second-order valence-corrected chi connectivity index (χ2v) is 8.21. The Kier molecular flexibility index (Phi) is 5.83. The maximum Gasteiger partial charge on any atom is 0.269 e. The number of nitrogens with zero attached hydrogens (tertiary/aromatic N) is 2. The molecular formula is C19H16F3N3O4S. The van der Waals surface area contributed by atoms with Crippen molar-refractivity contribution in [3.63, 3.8) is 0 Å². The number of hydrogen-bond acceptors (Lipinski definition) is 5. The van der Waals surface area contributed by atoms with Crippen LogP contribution in [0.15, 0.2) is 47.3 Å². The van der Waals surface area contributed by atoms with E-state index in [4.69, 9.17) is 4.74 Å². The standard InChI is InChI=1S/C19H16F3N3O4S/c1-3-30(27,28)24-12-5-7-16(29-17-6-4-11(20)8-14(17)21)13(9-12)19-15(22)10-18(26)25(2)23-19/h4-10,24H,3H2,1-2H3. The summed E-state index contributed by atoms with van der Waals surface area (Å²) in [6, 6.07) is 7.18. The van der Waals surface area contributed by atoms with E-state index in [9.17, 15) is 26.4 Å². The topological polar surface area (TPSA) is 90.3 Å². The molecule has 0 amide bonds. The Hall–Kier alpha value is -3.34. The molecule has 1 heterocycles. The summed E-state index contributed by atoms with van der Waals surface area (Å²) >= 11 is 0. The molecule has 158 valence electrons. The van der Waals surface area contributed by atoms with Gasteiger partial charge in [0.2, 0.25) is 10.0 Å². The summed E-state index contributed by atoms with van der Waals surface area (Å²) in [5.41, 5.74) is -1.00. The first-order chi connectivity index (χ1) is 14.1. The molecule has 7 nitrogen and oxygen atoms in total. The zero-order valence-electron chi connectivity index (χ0n) is 15.8. The fourth-order valence-corrected chi connectivity index (χ4v) is 3.13. The molecule has 2 aromatic carbocycles. The average Bonchev–Trinajstić information content (AvgIpc) is 2.68. The van der Waals surface area contributed by atoms with Gasteiger partial charge in [0.05, 0.1) is 5.75 Å². The van der Waals surface area contributed by atoms with Crippen LogP contribution in [-0.2, 0) is 17.1 Å². The van der Waals surface area contributed by atoms with Crippen LogP contribution in [-0.4, -0.2) is 24.0 Å². The number of hydrogen-bond donors (Lipinski definition) is 1. The van der Waals surface area contributed by atoms with Crippen LogP contribution in [0.1, 0.15) is 6.92 Å². The van der Waals surface area contributed by atoms with Crippen LogP contribution in [0.5, 0.6) is 11.5 Å². The number of aryl methyl sites for hydroxylation is 1. The van der Waals surface area contributed by atoms with Gasteiger partial charge in [-0.1, -0.05) is 0 Å². The minimum atomic E-state index is -3.64. The van der Waals surface area contributed by atoms with Crippen molar-refractivity contribution in [2.75, 3.05) is 10.5 Å². The molecule has 0 aliphatic carbocycles. The van der Waals surface area contributed by atoms with Gasteiger partial charge in [-0.15, -0.1) is 0 Å². The molecule has 0 atom stereocenters. The van der Waals surface area contributed by atoms with Crippen LogP contribution in [0.25, 0.3) is 11.3 Å². The molecule has 0 aliphatic rings. The molecule has 0 saturated heterocycles. The van der Waals surface area contributed by atoms with E-state index in [2.05, 4.69) is 9.82 Å². The first-order valence-corrected chi connectivity index (χ1v) is 10.3. The number of benzene rings is 2. The summed E-state index contributed by atoms with van der Waals surface area (Å²) in [7, 11) is -2.34. The lowest BCUT2D eigenvalue weighted by molar-refractivity contribution is 0.438. The Bertz CT molecular complexity index is 1280. The van der Waals surface area contributed by atoms with E-state index < -0.39 is 33.0 Å². The normalized spacial score (nSPS) is 11.4. The second kappa shape index (κ2) is 8.19. The van der Waals surface area contributed by atoms with E-state index in [1.165, 1.54) is 32.2 Å². The van der Waals surface area contributed by atoms with Gasteiger partial charge in [-0.2, -0.15) is 5.10 Å². The summed E-state index contributed by atoms with van der Waals surface area (Å²) in [6.07, 6.45) is 0. The molecule has 3 rings (SSSR count).